The lowest BCUT2D eigenvalue weighted by molar-refractivity contribution is 0.931. The van der Waals surface area contributed by atoms with Gasteiger partial charge in [0.15, 0.2) is 0 Å². The first-order valence-electron chi connectivity index (χ1n) is 5.05. The molecule has 0 radical (unpaired) electrons. The molecule has 1 saturated carbocycles. The summed E-state index contributed by atoms with van der Waals surface area (Å²) in [6, 6.07) is 2.71. The molecule has 0 aromatic carbocycles. The molecular formula is C10H16N4. The molecule has 0 saturated heterocycles. The van der Waals surface area contributed by atoms with E-state index in [1.54, 1.807) is 0 Å². The molecule has 2 rings (SSSR count). The molecule has 1 aromatic heterocycles. The van der Waals surface area contributed by atoms with Crippen LogP contribution in [0.2, 0.25) is 0 Å². The Morgan fingerprint density at radius 3 is 2.86 bits per heavy atom. The molecule has 2 atom stereocenters. The van der Waals surface area contributed by atoms with Crippen LogP contribution in [0.1, 0.15) is 24.9 Å². The Hall–Kier alpha value is -1.16. The van der Waals surface area contributed by atoms with Gasteiger partial charge in [0.2, 0.25) is 0 Å². The Morgan fingerprint density at radius 1 is 1.57 bits per heavy atom. The maximum Gasteiger partial charge on any atom is 0.130 e. The molecule has 76 valence electrons. The minimum atomic E-state index is 0.301. The van der Waals surface area contributed by atoms with E-state index in [2.05, 4.69) is 22.2 Å². The first-order chi connectivity index (χ1) is 6.69. The highest BCUT2D eigenvalue weighted by Gasteiger charge is 2.33. The number of aromatic nitrogens is 2. The van der Waals surface area contributed by atoms with E-state index in [9.17, 15) is 0 Å². The van der Waals surface area contributed by atoms with E-state index in [0.29, 0.717) is 12.1 Å². The molecule has 4 heteroatoms. The van der Waals surface area contributed by atoms with Crippen molar-refractivity contribution in [3.63, 3.8) is 0 Å². The fourth-order valence-electron chi connectivity index (χ4n) is 1.46. The van der Waals surface area contributed by atoms with Crippen molar-refractivity contribution in [2.24, 2.45) is 5.73 Å². The van der Waals surface area contributed by atoms with Crippen LogP contribution in [0.5, 0.6) is 0 Å². The van der Waals surface area contributed by atoms with Crippen LogP contribution in [-0.4, -0.2) is 22.1 Å². The van der Waals surface area contributed by atoms with Gasteiger partial charge in [-0.3, -0.25) is 0 Å². The highest BCUT2D eigenvalue weighted by Crippen LogP contribution is 2.23. The second kappa shape index (κ2) is 3.53. The number of aryl methyl sites for hydroxylation is 2. The minimum Gasteiger partial charge on any atom is -0.366 e. The standard InChI is InChI=1S/C10H16N4/c1-3-7-4-10(13-6(2)12-7)14-9-5-8(9)11/h4,8-9H,3,5,11H2,1-2H3,(H,12,13,14). The van der Waals surface area contributed by atoms with E-state index in [1.165, 1.54) is 0 Å². The van der Waals surface area contributed by atoms with Gasteiger partial charge in [-0.1, -0.05) is 6.92 Å². The minimum absolute atomic E-state index is 0.301. The third-order valence-corrected chi connectivity index (χ3v) is 2.43. The SMILES string of the molecule is CCc1cc(NC2CC2N)nc(C)n1. The van der Waals surface area contributed by atoms with Crippen LogP contribution in [0, 0.1) is 6.92 Å². The number of anilines is 1. The van der Waals surface area contributed by atoms with E-state index in [-0.39, 0.29) is 0 Å². The molecule has 1 aromatic rings. The van der Waals surface area contributed by atoms with Gasteiger partial charge >= 0.3 is 0 Å². The van der Waals surface area contributed by atoms with Crippen molar-refractivity contribution in [1.29, 1.82) is 0 Å². The van der Waals surface area contributed by atoms with Crippen LogP contribution in [0.4, 0.5) is 5.82 Å². The molecule has 2 unspecified atom stereocenters. The van der Waals surface area contributed by atoms with Crippen LogP contribution < -0.4 is 11.1 Å². The van der Waals surface area contributed by atoms with Gasteiger partial charge in [-0.05, 0) is 19.8 Å². The number of nitrogens with zero attached hydrogens (tertiary/aromatic N) is 2. The summed E-state index contributed by atoms with van der Waals surface area (Å²) in [7, 11) is 0. The summed E-state index contributed by atoms with van der Waals surface area (Å²) < 4.78 is 0. The highest BCUT2D eigenvalue weighted by atomic mass is 15.1. The zero-order valence-corrected chi connectivity index (χ0v) is 8.62. The Balaban J connectivity index is 2.12. The number of nitrogens with one attached hydrogen (secondary N) is 1. The second-order valence-electron chi connectivity index (χ2n) is 3.80. The third-order valence-electron chi connectivity index (χ3n) is 2.43. The molecule has 0 bridgehead atoms. The van der Waals surface area contributed by atoms with Gasteiger partial charge in [-0.2, -0.15) is 0 Å². The maximum absolute atomic E-state index is 5.72. The lowest BCUT2D eigenvalue weighted by Gasteiger charge is -2.06. The number of rotatable bonds is 3. The molecule has 1 aliphatic carbocycles. The molecule has 4 nitrogen and oxygen atoms in total. The Bertz CT molecular complexity index is 337. The third kappa shape index (κ3) is 2.01. The van der Waals surface area contributed by atoms with Crippen molar-refractivity contribution in [1.82, 2.24) is 9.97 Å². The number of hydrogen-bond donors (Lipinski definition) is 2. The van der Waals surface area contributed by atoms with E-state index in [0.717, 1.165) is 30.2 Å². The summed E-state index contributed by atoms with van der Waals surface area (Å²) in [6.45, 7) is 4.01. The predicted molar refractivity (Wildman–Crippen MR) is 56.2 cm³/mol. The van der Waals surface area contributed by atoms with Crippen LogP contribution in [0.3, 0.4) is 0 Å². The molecule has 0 amide bonds. The molecule has 3 N–H and O–H groups in total. The van der Waals surface area contributed by atoms with Gasteiger partial charge in [0.05, 0.1) is 0 Å². The molecule has 1 aliphatic rings. The lowest BCUT2D eigenvalue weighted by atomic mass is 10.3. The van der Waals surface area contributed by atoms with E-state index in [1.807, 2.05) is 13.0 Å². The zero-order chi connectivity index (χ0) is 10.1. The Labute approximate surface area is 83.9 Å². The molecule has 1 heterocycles. The van der Waals surface area contributed by atoms with Gasteiger partial charge < -0.3 is 11.1 Å². The van der Waals surface area contributed by atoms with Crippen molar-refractivity contribution in [2.45, 2.75) is 38.8 Å². The van der Waals surface area contributed by atoms with E-state index >= 15 is 0 Å². The van der Waals surface area contributed by atoms with Crippen molar-refractivity contribution in [3.05, 3.63) is 17.6 Å². The average Bonchev–Trinajstić information content (AvgIpc) is 2.80. The topological polar surface area (TPSA) is 63.8 Å². The van der Waals surface area contributed by atoms with Crippen LogP contribution in [0.25, 0.3) is 0 Å². The first-order valence-corrected chi connectivity index (χ1v) is 5.05. The van der Waals surface area contributed by atoms with Crippen molar-refractivity contribution in [3.8, 4) is 0 Å². The zero-order valence-electron chi connectivity index (χ0n) is 8.62. The van der Waals surface area contributed by atoms with Gasteiger partial charge in [0.25, 0.3) is 0 Å². The van der Waals surface area contributed by atoms with E-state index in [4.69, 9.17) is 5.73 Å². The fourth-order valence-corrected chi connectivity index (χ4v) is 1.46. The second-order valence-corrected chi connectivity index (χ2v) is 3.80. The molecule has 0 spiro atoms. The van der Waals surface area contributed by atoms with Gasteiger partial charge in [0, 0.05) is 23.8 Å². The van der Waals surface area contributed by atoms with Gasteiger partial charge in [-0.25, -0.2) is 9.97 Å². The highest BCUT2D eigenvalue weighted by molar-refractivity contribution is 5.39. The normalized spacial score (nSPS) is 24.8. The smallest absolute Gasteiger partial charge is 0.130 e. The predicted octanol–water partition coefficient (Wildman–Crippen LogP) is 0.859. The van der Waals surface area contributed by atoms with Gasteiger partial charge in [0.1, 0.15) is 11.6 Å². The fraction of sp³-hybridized carbons (Fsp3) is 0.600. The summed E-state index contributed by atoms with van der Waals surface area (Å²) in [5.74, 6) is 1.73. The quantitative estimate of drug-likeness (QED) is 0.745. The van der Waals surface area contributed by atoms with Crippen LogP contribution in [0.15, 0.2) is 6.07 Å². The van der Waals surface area contributed by atoms with Gasteiger partial charge in [-0.15, -0.1) is 0 Å². The van der Waals surface area contributed by atoms with Crippen molar-refractivity contribution < 1.29 is 0 Å². The summed E-state index contributed by atoms with van der Waals surface area (Å²) in [5.41, 5.74) is 6.80. The van der Waals surface area contributed by atoms with Crippen LogP contribution >= 0.6 is 0 Å². The van der Waals surface area contributed by atoms with Crippen LogP contribution in [-0.2, 0) is 6.42 Å². The Kier molecular flexibility index (Phi) is 2.37. The summed E-state index contributed by atoms with van der Waals surface area (Å²) in [6.07, 6.45) is 1.99. The molecular weight excluding hydrogens is 176 g/mol. The molecule has 1 fully saturated rings. The molecule has 0 aliphatic heterocycles. The van der Waals surface area contributed by atoms with E-state index < -0.39 is 0 Å². The summed E-state index contributed by atoms with van der Waals surface area (Å²) >= 11 is 0. The summed E-state index contributed by atoms with van der Waals surface area (Å²) in [4.78, 5) is 8.64. The maximum atomic E-state index is 5.72. The number of hydrogen-bond acceptors (Lipinski definition) is 4. The lowest BCUT2D eigenvalue weighted by Crippen LogP contribution is -2.14. The summed E-state index contributed by atoms with van der Waals surface area (Å²) in [5, 5.41) is 3.31. The molecule has 14 heavy (non-hydrogen) atoms. The number of nitrogens with two attached hydrogens (primary N) is 1. The largest absolute Gasteiger partial charge is 0.366 e. The Morgan fingerprint density at radius 2 is 2.29 bits per heavy atom. The monoisotopic (exact) mass is 192 g/mol. The first kappa shape index (κ1) is 9.40. The van der Waals surface area contributed by atoms with Crippen molar-refractivity contribution in [2.75, 3.05) is 5.32 Å². The van der Waals surface area contributed by atoms with Crippen molar-refractivity contribution >= 4 is 5.82 Å². The average molecular weight is 192 g/mol.